The van der Waals surface area contributed by atoms with Crippen molar-refractivity contribution in [1.82, 2.24) is 9.97 Å². The summed E-state index contributed by atoms with van der Waals surface area (Å²) in [6, 6.07) is 11.8. The van der Waals surface area contributed by atoms with Crippen LogP contribution in [-0.2, 0) is 0 Å². The SMILES string of the molecule is CC(Br)c1nc2cccc(Cl)c2nc1-c1cccc(F)c1. The van der Waals surface area contributed by atoms with E-state index in [2.05, 4.69) is 25.9 Å². The Bertz CT molecular complexity index is 820. The highest BCUT2D eigenvalue weighted by Gasteiger charge is 2.16. The number of hydrogen-bond acceptors (Lipinski definition) is 2. The van der Waals surface area contributed by atoms with Crippen LogP contribution in [0.25, 0.3) is 22.3 Å². The number of hydrogen-bond donors (Lipinski definition) is 0. The van der Waals surface area contributed by atoms with Gasteiger partial charge in [0.05, 0.1) is 26.8 Å². The fourth-order valence-corrected chi connectivity index (χ4v) is 2.71. The third-order valence-corrected chi connectivity index (χ3v) is 3.89. The van der Waals surface area contributed by atoms with Crippen molar-refractivity contribution in [3.05, 3.63) is 59.0 Å². The van der Waals surface area contributed by atoms with Crippen LogP contribution in [0.1, 0.15) is 17.4 Å². The van der Waals surface area contributed by atoms with Crippen LogP contribution in [0.4, 0.5) is 4.39 Å². The molecule has 1 aromatic heterocycles. The normalized spacial score (nSPS) is 12.6. The highest BCUT2D eigenvalue weighted by Crippen LogP contribution is 2.33. The van der Waals surface area contributed by atoms with E-state index in [0.29, 0.717) is 21.8 Å². The third-order valence-electron chi connectivity index (χ3n) is 3.15. The first-order valence-electron chi connectivity index (χ1n) is 6.42. The lowest BCUT2D eigenvalue weighted by molar-refractivity contribution is 0.628. The Balaban J connectivity index is 2.34. The molecule has 2 nitrogen and oxygen atoms in total. The number of para-hydroxylation sites is 1. The van der Waals surface area contributed by atoms with Gasteiger partial charge >= 0.3 is 0 Å². The molecule has 0 saturated carbocycles. The summed E-state index contributed by atoms with van der Waals surface area (Å²) in [5, 5.41) is 0.534. The molecule has 0 saturated heterocycles. The zero-order chi connectivity index (χ0) is 15.0. The van der Waals surface area contributed by atoms with Crippen LogP contribution in [0.15, 0.2) is 42.5 Å². The molecule has 0 radical (unpaired) electrons. The molecule has 5 heteroatoms. The number of halogens is 3. The van der Waals surface area contributed by atoms with E-state index in [0.717, 1.165) is 11.2 Å². The van der Waals surface area contributed by atoms with Crippen LogP contribution >= 0.6 is 27.5 Å². The molecule has 1 heterocycles. The van der Waals surface area contributed by atoms with E-state index in [9.17, 15) is 4.39 Å². The number of alkyl halides is 1. The Morgan fingerprint density at radius 2 is 1.90 bits per heavy atom. The zero-order valence-electron chi connectivity index (χ0n) is 11.1. The number of nitrogens with zero attached hydrogens (tertiary/aromatic N) is 2. The number of fused-ring (bicyclic) bond motifs is 1. The van der Waals surface area contributed by atoms with E-state index >= 15 is 0 Å². The quantitative estimate of drug-likeness (QED) is 0.557. The van der Waals surface area contributed by atoms with Crippen molar-refractivity contribution in [2.24, 2.45) is 0 Å². The molecule has 0 spiro atoms. The Morgan fingerprint density at radius 3 is 2.62 bits per heavy atom. The average Bonchev–Trinajstić information content (AvgIpc) is 2.46. The highest BCUT2D eigenvalue weighted by molar-refractivity contribution is 9.09. The van der Waals surface area contributed by atoms with Gasteiger partial charge < -0.3 is 0 Å². The highest BCUT2D eigenvalue weighted by atomic mass is 79.9. The van der Waals surface area contributed by atoms with Crippen molar-refractivity contribution >= 4 is 38.6 Å². The molecule has 3 rings (SSSR count). The van der Waals surface area contributed by atoms with Crippen LogP contribution in [0, 0.1) is 5.82 Å². The van der Waals surface area contributed by atoms with Gasteiger partial charge in [-0.3, -0.25) is 0 Å². The van der Waals surface area contributed by atoms with Gasteiger partial charge in [-0.2, -0.15) is 0 Å². The van der Waals surface area contributed by atoms with Crippen molar-refractivity contribution in [3.63, 3.8) is 0 Å². The summed E-state index contributed by atoms with van der Waals surface area (Å²) in [6.45, 7) is 1.96. The minimum atomic E-state index is -0.304. The molecule has 0 aliphatic carbocycles. The topological polar surface area (TPSA) is 25.8 Å². The predicted molar refractivity (Wildman–Crippen MR) is 87.3 cm³/mol. The summed E-state index contributed by atoms with van der Waals surface area (Å²) in [5.41, 5.74) is 3.43. The Kier molecular flexibility index (Phi) is 3.91. The van der Waals surface area contributed by atoms with Gasteiger partial charge in [0.25, 0.3) is 0 Å². The van der Waals surface area contributed by atoms with Gasteiger partial charge in [0, 0.05) is 5.56 Å². The first-order chi connectivity index (χ1) is 10.1. The van der Waals surface area contributed by atoms with Crippen LogP contribution in [0.3, 0.4) is 0 Å². The molecule has 1 unspecified atom stereocenters. The molecule has 0 fully saturated rings. The molecule has 1 atom stereocenters. The molecule has 0 aliphatic heterocycles. The van der Waals surface area contributed by atoms with Crippen molar-refractivity contribution in [3.8, 4) is 11.3 Å². The number of rotatable bonds is 2. The molecule has 2 aromatic carbocycles. The van der Waals surface area contributed by atoms with Crippen LogP contribution < -0.4 is 0 Å². The molecule has 21 heavy (non-hydrogen) atoms. The first kappa shape index (κ1) is 14.4. The smallest absolute Gasteiger partial charge is 0.123 e. The van der Waals surface area contributed by atoms with Crippen LogP contribution in [0.5, 0.6) is 0 Å². The summed E-state index contributed by atoms with van der Waals surface area (Å²) in [7, 11) is 0. The Hall–Kier alpha value is -1.52. The second-order valence-electron chi connectivity index (χ2n) is 4.69. The van der Waals surface area contributed by atoms with Crippen molar-refractivity contribution < 1.29 is 4.39 Å². The second-order valence-corrected chi connectivity index (χ2v) is 6.47. The monoisotopic (exact) mass is 364 g/mol. The standard InChI is InChI=1S/C16H11BrClFN2/c1-9(17)14-15(10-4-2-5-11(19)8-10)21-16-12(18)6-3-7-13(16)20-14/h2-9H,1H3. The van der Waals surface area contributed by atoms with Gasteiger partial charge in [0.15, 0.2) is 0 Å². The van der Waals surface area contributed by atoms with Gasteiger partial charge in [-0.05, 0) is 31.2 Å². The van der Waals surface area contributed by atoms with Gasteiger partial charge in [-0.15, -0.1) is 0 Å². The Morgan fingerprint density at radius 1 is 1.14 bits per heavy atom. The van der Waals surface area contributed by atoms with Crippen molar-refractivity contribution in [2.75, 3.05) is 0 Å². The minimum Gasteiger partial charge on any atom is -0.248 e. The van der Waals surface area contributed by atoms with E-state index in [1.165, 1.54) is 12.1 Å². The van der Waals surface area contributed by atoms with Crippen molar-refractivity contribution in [1.29, 1.82) is 0 Å². The maximum atomic E-state index is 13.5. The summed E-state index contributed by atoms with van der Waals surface area (Å²) < 4.78 is 13.5. The van der Waals surface area contributed by atoms with Gasteiger partial charge in [0.1, 0.15) is 11.3 Å². The summed E-state index contributed by atoms with van der Waals surface area (Å²) >= 11 is 9.72. The summed E-state index contributed by atoms with van der Waals surface area (Å²) in [4.78, 5) is 9.23. The molecule has 0 N–H and O–H groups in total. The first-order valence-corrected chi connectivity index (χ1v) is 7.72. The van der Waals surface area contributed by atoms with E-state index in [4.69, 9.17) is 11.6 Å². The molecular formula is C16H11BrClFN2. The fraction of sp³-hybridized carbons (Fsp3) is 0.125. The minimum absolute atomic E-state index is 0.00773. The lowest BCUT2D eigenvalue weighted by atomic mass is 10.1. The number of aromatic nitrogens is 2. The maximum absolute atomic E-state index is 13.5. The summed E-state index contributed by atoms with van der Waals surface area (Å²) in [5.74, 6) is -0.304. The lowest BCUT2D eigenvalue weighted by Crippen LogP contribution is -2.00. The van der Waals surface area contributed by atoms with E-state index in [-0.39, 0.29) is 10.6 Å². The average molecular weight is 366 g/mol. The second kappa shape index (κ2) is 5.70. The van der Waals surface area contributed by atoms with Gasteiger partial charge in [-0.25, -0.2) is 14.4 Å². The van der Waals surface area contributed by atoms with E-state index < -0.39 is 0 Å². The van der Waals surface area contributed by atoms with E-state index in [1.807, 2.05) is 25.1 Å². The van der Waals surface area contributed by atoms with Gasteiger partial charge in [-0.1, -0.05) is 45.7 Å². The molecule has 0 amide bonds. The Labute approximate surface area is 135 Å². The fourth-order valence-electron chi connectivity index (χ4n) is 2.18. The lowest BCUT2D eigenvalue weighted by Gasteiger charge is -2.12. The predicted octanol–water partition coefficient (Wildman–Crippen LogP) is 5.55. The summed E-state index contributed by atoms with van der Waals surface area (Å²) in [6.07, 6.45) is 0. The largest absolute Gasteiger partial charge is 0.248 e. The van der Waals surface area contributed by atoms with Crippen molar-refractivity contribution in [2.45, 2.75) is 11.8 Å². The van der Waals surface area contributed by atoms with E-state index in [1.54, 1.807) is 12.1 Å². The molecular weight excluding hydrogens is 355 g/mol. The van der Waals surface area contributed by atoms with Gasteiger partial charge in [0.2, 0.25) is 0 Å². The van der Waals surface area contributed by atoms with Crippen LogP contribution in [0.2, 0.25) is 5.02 Å². The third kappa shape index (κ3) is 2.78. The molecule has 0 bridgehead atoms. The molecule has 106 valence electrons. The number of benzene rings is 2. The molecule has 3 aromatic rings. The molecule has 0 aliphatic rings. The van der Waals surface area contributed by atoms with Crippen LogP contribution in [-0.4, -0.2) is 9.97 Å². The maximum Gasteiger partial charge on any atom is 0.123 e. The zero-order valence-corrected chi connectivity index (χ0v) is 13.5.